The maximum atomic E-state index is 10.3. The smallest absolute Gasteiger partial charge is 0.187 e. The molecule has 0 aliphatic heterocycles. The molecule has 0 fully saturated rings. The van der Waals surface area contributed by atoms with E-state index in [1.807, 2.05) is 45.0 Å². The molecule has 1 rings (SSSR count). The zero-order valence-corrected chi connectivity index (χ0v) is 11.3. The summed E-state index contributed by atoms with van der Waals surface area (Å²) in [5, 5.41) is 10.3. The molecule has 0 heterocycles. The Hall–Kier alpha value is -1.10. The van der Waals surface area contributed by atoms with Crippen molar-refractivity contribution in [3.63, 3.8) is 0 Å². The molecule has 1 atom stereocenters. The first-order valence-corrected chi connectivity index (χ1v) is 6.37. The molecule has 1 N–H and O–H groups in total. The van der Waals surface area contributed by atoms with Crippen molar-refractivity contribution in [2.24, 2.45) is 0 Å². The molecule has 4 heteroatoms. The second-order valence-electron chi connectivity index (χ2n) is 3.69. The van der Waals surface area contributed by atoms with Crippen molar-refractivity contribution in [1.29, 1.82) is 0 Å². The fourth-order valence-corrected chi connectivity index (χ4v) is 1.72. The van der Waals surface area contributed by atoms with Crippen molar-refractivity contribution in [3.8, 4) is 5.75 Å². The molecule has 1 aromatic rings. The van der Waals surface area contributed by atoms with Gasteiger partial charge in [-0.25, -0.2) is 0 Å². The number of hydrogen-bond donors (Lipinski definition) is 1. The fraction of sp³-hybridized carbons (Fsp3) is 0.571. The number of hydrogen-bond acceptors (Lipinski definition) is 4. The minimum atomic E-state index is -0.854. The van der Waals surface area contributed by atoms with Gasteiger partial charge in [-0.15, -0.1) is 0 Å². The van der Waals surface area contributed by atoms with Crippen LogP contribution in [0.25, 0.3) is 0 Å². The van der Waals surface area contributed by atoms with Gasteiger partial charge in [0.2, 0.25) is 0 Å². The molecule has 18 heavy (non-hydrogen) atoms. The second kappa shape index (κ2) is 8.08. The fourth-order valence-electron chi connectivity index (χ4n) is 1.72. The molecule has 0 bridgehead atoms. The van der Waals surface area contributed by atoms with Crippen LogP contribution in [0.15, 0.2) is 24.3 Å². The van der Waals surface area contributed by atoms with Crippen LogP contribution in [-0.2, 0) is 9.47 Å². The topological polar surface area (TPSA) is 47.9 Å². The van der Waals surface area contributed by atoms with E-state index in [1.165, 1.54) is 0 Å². The van der Waals surface area contributed by atoms with Gasteiger partial charge in [0.1, 0.15) is 11.9 Å². The van der Waals surface area contributed by atoms with E-state index < -0.39 is 12.4 Å². The Kier molecular flexibility index (Phi) is 6.72. The predicted octanol–water partition coefficient (Wildman–Crippen LogP) is 2.52. The molecule has 0 aromatic heterocycles. The molecule has 102 valence electrons. The third kappa shape index (κ3) is 3.98. The summed E-state index contributed by atoms with van der Waals surface area (Å²) in [5.74, 6) is 0.664. The van der Waals surface area contributed by atoms with E-state index in [0.29, 0.717) is 31.1 Å². The number of aliphatic hydroxyl groups excluding tert-OH is 1. The first-order valence-electron chi connectivity index (χ1n) is 6.37. The summed E-state index contributed by atoms with van der Waals surface area (Å²) in [5.41, 5.74) is 0.686. The van der Waals surface area contributed by atoms with E-state index in [2.05, 4.69) is 0 Å². The van der Waals surface area contributed by atoms with Gasteiger partial charge in [0.15, 0.2) is 6.29 Å². The first-order chi connectivity index (χ1) is 8.74. The van der Waals surface area contributed by atoms with Crippen LogP contribution in [0.3, 0.4) is 0 Å². The Morgan fingerprint density at radius 1 is 1.00 bits per heavy atom. The molecule has 4 nitrogen and oxygen atoms in total. The SMILES string of the molecule is CCOc1ccccc1C(O)C(OCC)OCC. The summed E-state index contributed by atoms with van der Waals surface area (Å²) in [4.78, 5) is 0. The van der Waals surface area contributed by atoms with Gasteiger partial charge in [0, 0.05) is 18.8 Å². The van der Waals surface area contributed by atoms with Gasteiger partial charge < -0.3 is 19.3 Å². The van der Waals surface area contributed by atoms with Crippen LogP contribution in [0.1, 0.15) is 32.4 Å². The van der Waals surface area contributed by atoms with Gasteiger partial charge in [-0.05, 0) is 26.8 Å². The van der Waals surface area contributed by atoms with E-state index in [4.69, 9.17) is 14.2 Å². The highest BCUT2D eigenvalue weighted by Gasteiger charge is 2.24. The van der Waals surface area contributed by atoms with Crippen LogP contribution in [0.5, 0.6) is 5.75 Å². The number of aliphatic hydroxyl groups is 1. The van der Waals surface area contributed by atoms with Gasteiger partial charge in [0.25, 0.3) is 0 Å². The van der Waals surface area contributed by atoms with Crippen LogP contribution in [0.4, 0.5) is 0 Å². The maximum absolute atomic E-state index is 10.3. The Balaban J connectivity index is 2.88. The van der Waals surface area contributed by atoms with Crippen LogP contribution < -0.4 is 4.74 Å². The van der Waals surface area contributed by atoms with E-state index >= 15 is 0 Å². The molecule has 0 amide bonds. The third-order valence-electron chi connectivity index (χ3n) is 2.46. The maximum Gasteiger partial charge on any atom is 0.187 e. The minimum Gasteiger partial charge on any atom is -0.493 e. The largest absolute Gasteiger partial charge is 0.493 e. The van der Waals surface area contributed by atoms with Crippen LogP contribution in [0.2, 0.25) is 0 Å². The monoisotopic (exact) mass is 254 g/mol. The Morgan fingerprint density at radius 2 is 1.61 bits per heavy atom. The molecule has 1 aromatic carbocycles. The lowest BCUT2D eigenvalue weighted by Gasteiger charge is -2.24. The summed E-state index contributed by atoms with van der Waals surface area (Å²) in [7, 11) is 0. The van der Waals surface area contributed by atoms with Gasteiger partial charge in [-0.3, -0.25) is 0 Å². The van der Waals surface area contributed by atoms with Gasteiger partial charge in [-0.1, -0.05) is 18.2 Å². The van der Waals surface area contributed by atoms with Crippen LogP contribution in [-0.4, -0.2) is 31.2 Å². The standard InChI is InChI=1S/C14H22O4/c1-4-16-12-10-8-7-9-11(12)13(15)14(17-5-2)18-6-3/h7-10,13-15H,4-6H2,1-3H3. The highest BCUT2D eigenvalue weighted by atomic mass is 16.7. The molecule has 0 aliphatic carbocycles. The number of ether oxygens (including phenoxy) is 3. The Morgan fingerprint density at radius 3 is 2.17 bits per heavy atom. The van der Waals surface area contributed by atoms with Crippen molar-refractivity contribution < 1.29 is 19.3 Å². The zero-order chi connectivity index (χ0) is 13.4. The number of benzene rings is 1. The minimum absolute atomic E-state index is 0.485. The van der Waals surface area contributed by atoms with Crippen molar-refractivity contribution in [3.05, 3.63) is 29.8 Å². The van der Waals surface area contributed by atoms with E-state index in [0.717, 1.165) is 0 Å². The van der Waals surface area contributed by atoms with Gasteiger partial charge >= 0.3 is 0 Å². The van der Waals surface area contributed by atoms with Crippen LogP contribution >= 0.6 is 0 Å². The quantitative estimate of drug-likeness (QED) is 0.724. The summed E-state index contributed by atoms with van der Waals surface area (Å²) < 4.78 is 16.3. The van der Waals surface area contributed by atoms with Crippen molar-refractivity contribution in [2.45, 2.75) is 33.2 Å². The normalized spacial score (nSPS) is 12.7. The van der Waals surface area contributed by atoms with Crippen molar-refractivity contribution in [1.82, 2.24) is 0 Å². The first kappa shape index (κ1) is 15.0. The molecule has 0 saturated heterocycles. The van der Waals surface area contributed by atoms with Crippen LogP contribution in [0, 0.1) is 0 Å². The Bertz CT molecular complexity index is 334. The lowest BCUT2D eigenvalue weighted by molar-refractivity contribution is -0.191. The molecule has 0 spiro atoms. The lowest BCUT2D eigenvalue weighted by Crippen LogP contribution is -2.26. The highest BCUT2D eigenvalue weighted by molar-refractivity contribution is 5.35. The van der Waals surface area contributed by atoms with E-state index in [-0.39, 0.29) is 0 Å². The zero-order valence-electron chi connectivity index (χ0n) is 11.3. The number of rotatable bonds is 8. The molecule has 0 radical (unpaired) electrons. The molecule has 0 saturated carbocycles. The molecular weight excluding hydrogens is 232 g/mol. The summed E-state index contributed by atoms with van der Waals surface area (Å²) in [6.45, 7) is 7.17. The van der Waals surface area contributed by atoms with E-state index in [1.54, 1.807) is 0 Å². The number of para-hydroxylation sites is 1. The summed E-state index contributed by atoms with van der Waals surface area (Å²) in [6.07, 6.45) is -1.52. The lowest BCUT2D eigenvalue weighted by atomic mass is 10.1. The summed E-state index contributed by atoms with van der Waals surface area (Å²) in [6, 6.07) is 7.38. The molecular formula is C14H22O4. The molecule has 1 unspecified atom stereocenters. The highest BCUT2D eigenvalue weighted by Crippen LogP contribution is 2.28. The van der Waals surface area contributed by atoms with E-state index in [9.17, 15) is 5.11 Å². The summed E-state index contributed by atoms with van der Waals surface area (Å²) >= 11 is 0. The predicted molar refractivity (Wildman–Crippen MR) is 69.6 cm³/mol. The van der Waals surface area contributed by atoms with Gasteiger partial charge in [-0.2, -0.15) is 0 Å². The van der Waals surface area contributed by atoms with Gasteiger partial charge in [0.05, 0.1) is 6.61 Å². The third-order valence-corrected chi connectivity index (χ3v) is 2.46. The van der Waals surface area contributed by atoms with Crippen molar-refractivity contribution in [2.75, 3.05) is 19.8 Å². The van der Waals surface area contributed by atoms with Crippen molar-refractivity contribution >= 4 is 0 Å². The average Bonchev–Trinajstić information content (AvgIpc) is 2.39. The average molecular weight is 254 g/mol. The second-order valence-corrected chi connectivity index (χ2v) is 3.69. The molecule has 0 aliphatic rings. The Labute approximate surface area is 108 Å².